The maximum absolute atomic E-state index is 10.4. The highest BCUT2D eigenvalue weighted by molar-refractivity contribution is 5.66. The summed E-state index contributed by atoms with van der Waals surface area (Å²) in [7, 11) is 0. The van der Waals surface area contributed by atoms with Gasteiger partial charge in [0.2, 0.25) is 0 Å². The highest BCUT2D eigenvalue weighted by Gasteiger charge is 2.19. The molecule has 0 aromatic carbocycles. The summed E-state index contributed by atoms with van der Waals surface area (Å²) in [4.78, 5) is 10.4. The van der Waals surface area contributed by atoms with Gasteiger partial charge >= 0.3 is 5.97 Å². The molecule has 0 radical (unpaired) electrons. The van der Waals surface area contributed by atoms with Gasteiger partial charge in [0.05, 0.1) is 0 Å². The Kier molecular flexibility index (Phi) is 11.1. The molecule has 1 N–H and O–H groups in total. The largest absolute Gasteiger partial charge is 0.481 e. The van der Waals surface area contributed by atoms with E-state index in [0.717, 1.165) is 12.8 Å². The molecule has 0 bridgehead atoms. The van der Waals surface area contributed by atoms with Crippen LogP contribution in [0.4, 0.5) is 0 Å². The molecular weight excluding hydrogens is 272 g/mol. The first kappa shape index (κ1) is 19.3. The summed E-state index contributed by atoms with van der Waals surface area (Å²) in [5.74, 6) is -0.654. The summed E-state index contributed by atoms with van der Waals surface area (Å²) >= 11 is 0. The van der Waals surface area contributed by atoms with Crippen LogP contribution in [0.25, 0.3) is 0 Å². The van der Waals surface area contributed by atoms with Crippen molar-refractivity contribution in [3.63, 3.8) is 0 Å². The zero-order chi connectivity index (χ0) is 16.0. The van der Waals surface area contributed by atoms with E-state index in [1.54, 1.807) is 11.1 Å². The van der Waals surface area contributed by atoms with E-state index in [9.17, 15) is 4.79 Å². The number of hydrogen-bond acceptors (Lipinski definition) is 1. The van der Waals surface area contributed by atoms with Gasteiger partial charge in [0.25, 0.3) is 0 Å². The molecule has 0 saturated heterocycles. The van der Waals surface area contributed by atoms with Crippen LogP contribution in [0, 0.1) is 0 Å². The van der Waals surface area contributed by atoms with Gasteiger partial charge in [-0.2, -0.15) is 0 Å². The first-order chi connectivity index (χ1) is 10.7. The molecule has 0 spiro atoms. The first-order valence-electron chi connectivity index (χ1n) is 9.65. The Balaban J connectivity index is 1.82. The molecule has 2 heteroatoms. The molecule has 0 fully saturated rings. The van der Waals surface area contributed by atoms with Crippen molar-refractivity contribution in [3.05, 3.63) is 11.1 Å². The summed E-state index contributed by atoms with van der Waals surface area (Å²) in [6.45, 7) is 2.28. The standard InChI is InChI=1S/C20H36O2/c1-2-3-4-5-8-11-14-18-17-19(18)15-12-9-6-7-10-13-16-20(21)22/h2-17H2,1H3,(H,21,22). The molecule has 22 heavy (non-hydrogen) atoms. The number of carboxylic acid groups (broad SMARTS) is 1. The van der Waals surface area contributed by atoms with Crippen LogP contribution in [0.3, 0.4) is 0 Å². The fourth-order valence-corrected chi connectivity index (χ4v) is 3.18. The van der Waals surface area contributed by atoms with Gasteiger partial charge in [0.1, 0.15) is 0 Å². The Labute approximate surface area is 137 Å². The minimum absolute atomic E-state index is 0.342. The molecule has 0 aromatic rings. The zero-order valence-corrected chi connectivity index (χ0v) is 14.7. The van der Waals surface area contributed by atoms with E-state index in [-0.39, 0.29) is 0 Å². The minimum Gasteiger partial charge on any atom is -0.481 e. The third-order valence-corrected chi connectivity index (χ3v) is 4.75. The number of unbranched alkanes of at least 4 members (excludes halogenated alkanes) is 10. The normalized spacial score (nSPS) is 13.7. The fraction of sp³-hybridized carbons (Fsp3) is 0.850. The van der Waals surface area contributed by atoms with Gasteiger partial charge in [-0.1, -0.05) is 75.9 Å². The monoisotopic (exact) mass is 308 g/mol. The van der Waals surface area contributed by atoms with E-state index < -0.39 is 5.97 Å². The number of carbonyl (C=O) groups is 1. The van der Waals surface area contributed by atoms with Crippen molar-refractivity contribution in [1.82, 2.24) is 0 Å². The average Bonchev–Trinajstić information content (AvgIpc) is 3.23. The van der Waals surface area contributed by atoms with Gasteiger partial charge in [0, 0.05) is 6.42 Å². The van der Waals surface area contributed by atoms with Crippen LogP contribution < -0.4 is 0 Å². The van der Waals surface area contributed by atoms with Gasteiger partial charge in [-0.3, -0.25) is 4.79 Å². The van der Waals surface area contributed by atoms with Crippen molar-refractivity contribution in [2.75, 3.05) is 0 Å². The fourth-order valence-electron chi connectivity index (χ4n) is 3.18. The van der Waals surface area contributed by atoms with Crippen molar-refractivity contribution in [2.24, 2.45) is 0 Å². The predicted molar refractivity (Wildman–Crippen MR) is 94.2 cm³/mol. The summed E-state index contributed by atoms with van der Waals surface area (Å²) in [5.41, 5.74) is 3.54. The molecular formula is C20H36O2. The lowest BCUT2D eigenvalue weighted by atomic mass is 10.1. The molecule has 1 aliphatic rings. The number of aliphatic carboxylic acids is 1. The van der Waals surface area contributed by atoms with Gasteiger partial charge < -0.3 is 5.11 Å². The Morgan fingerprint density at radius 1 is 0.773 bits per heavy atom. The van der Waals surface area contributed by atoms with Gasteiger partial charge in [-0.05, 0) is 38.5 Å². The molecule has 0 amide bonds. The van der Waals surface area contributed by atoms with Crippen LogP contribution in [0.2, 0.25) is 0 Å². The Bertz CT molecular complexity index is 331. The van der Waals surface area contributed by atoms with Crippen molar-refractivity contribution < 1.29 is 9.90 Å². The van der Waals surface area contributed by atoms with Crippen LogP contribution in [-0.2, 0) is 4.79 Å². The third kappa shape index (κ3) is 10.9. The molecule has 0 aromatic heterocycles. The number of carboxylic acids is 1. The Morgan fingerprint density at radius 3 is 1.73 bits per heavy atom. The minimum atomic E-state index is -0.654. The summed E-state index contributed by atoms with van der Waals surface area (Å²) < 4.78 is 0. The Morgan fingerprint density at radius 2 is 1.23 bits per heavy atom. The Hall–Kier alpha value is -0.790. The molecule has 0 saturated carbocycles. The van der Waals surface area contributed by atoms with E-state index >= 15 is 0 Å². The van der Waals surface area contributed by atoms with Crippen LogP contribution in [0.15, 0.2) is 11.1 Å². The second-order valence-corrected chi connectivity index (χ2v) is 6.92. The molecule has 0 atom stereocenters. The summed E-state index contributed by atoms with van der Waals surface area (Å²) in [6, 6.07) is 0. The summed E-state index contributed by atoms with van der Waals surface area (Å²) in [5, 5.41) is 8.56. The smallest absolute Gasteiger partial charge is 0.303 e. The first-order valence-corrected chi connectivity index (χ1v) is 9.65. The average molecular weight is 309 g/mol. The predicted octanol–water partition coefficient (Wildman–Crippen LogP) is 6.64. The van der Waals surface area contributed by atoms with Crippen molar-refractivity contribution in [2.45, 2.75) is 110 Å². The van der Waals surface area contributed by atoms with Crippen molar-refractivity contribution in [1.29, 1.82) is 0 Å². The van der Waals surface area contributed by atoms with Gasteiger partial charge in [-0.15, -0.1) is 0 Å². The molecule has 0 heterocycles. The lowest BCUT2D eigenvalue weighted by Gasteiger charge is -1.99. The quantitative estimate of drug-likeness (QED) is 0.256. The topological polar surface area (TPSA) is 37.3 Å². The molecule has 1 rings (SSSR count). The van der Waals surface area contributed by atoms with Crippen LogP contribution >= 0.6 is 0 Å². The van der Waals surface area contributed by atoms with E-state index in [1.165, 1.54) is 83.5 Å². The molecule has 1 aliphatic carbocycles. The van der Waals surface area contributed by atoms with Gasteiger partial charge in [0.15, 0.2) is 0 Å². The zero-order valence-electron chi connectivity index (χ0n) is 14.7. The lowest BCUT2D eigenvalue weighted by molar-refractivity contribution is -0.137. The van der Waals surface area contributed by atoms with Gasteiger partial charge in [-0.25, -0.2) is 0 Å². The number of rotatable bonds is 16. The second-order valence-electron chi connectivity index (χ2n) is 6.92. The molecule has 2 nitrogen and oxygen atoms in total. The van der Waals surface area contributed by atoms with Crippen LogP contribution in [0.5, 0.6) is 0 Å². The van der Waals surface area contributed by atoms with Crippen molar-refractivity contribution in [3.8, 4) is 0 Å². The van der Waals surface area contributed by atoms with Crippen LogP contribution in [0.1, 0.15) is 110 Å². The summed E-state index contributed by atoms with van der Waals surface area (Å²) in [6.07, 6.45) is 19.9. The van der Waals surface area contributed by atoms with E-state index in [0.29, 0.717) is 6.42 Å². The molecule has 0 aliphatic heterocycles. The van der Waals surface area contributed by atoms with Crippen LogP contribution in [-0.4, -0.2) is 11.1 Å². The van der Waals surface area contributed by atoms with E-state index in [4.69, 9.17) is 5.11 Å². The number of hydrogen-bond donors (Lipinski definition) is 1. The maximum Gasteiger partial charge on any atom is 0.303 e. The second kappa shape index (κ2) is 12.7. The third-order valence-electron chi connectivity index (χ3n) is 4.75. The van der Waals surface area contributed by atoms with E-state index in [1.807, 2.05) is 0 Å². The maximum atomic E-state index is 10.4. The highest BCUT2D eigenvalue weighted by Crippen LogP contribution is 2.38. The molecule has 128 valence electrons. The lowest BCUT2D eigenvalue weighted by Crippen LogP contribution is -1.93. The number of allylic oxidation sites excluding steroid dienone is 2. The highest BCUT2D eigenvalue weighted by atomic mass is 16.4. The van der Waals surface area contributed by atoms with Crippen molar-refractivity contribution >= 4 is 5.97 Å². The SMILES string of the molecule is CCCCCCCCC1=C(CCCCCCCCC(=O)O)C1. The molecule has 0 unspecified atom stereocenters. The van der Waals surface area contributed by atoms with E-state index in [2.05, 4.69) is 6.92 Å².